The minimum atomic E-state index is -3.79. The lowest BCUT2D eigenvalue weighted by molar-refractivity contribution is 0.0603. The predicted molar refractivity (Wildman–Crippen MR) is 112 cm³/mol. The van der Waals surface area contributed by atoms with Crippen LogP contribution in [0.25, 0.3) is 10.9 Å². The number of nitrogens with zero attached hydrogens (tertiary/aromatic N) is 2. The van der Waals surface area contributed by atoms with Crippen molar-refractivity contribution < 1.29 is 22.7 Å². The molecule has 0 bridgehead atoms. The molecule has 0 radical (unpaired) electrons. The van der Waals surface area contributed by atoms with E-state index in [9.17, 15) is 18.0 Å². The molecule has 0 aliphatic heterocycles. The largest absolute Gasteiger partial charge is 0.465 e. The zero-order valence-corrected chi connectivity index (χ0v) is 17.6. The Morgan fingerprint density at radius 3 is 2.31 bits per heavy atom. The molecular formula is C20H19ClN2O5S. The van der Waals surface area contributed by atoms with Crippen molar-refractivity contribution in [1.82, 2.24) is 4.57 Å². The molecule has 1 aromatic heterocycles. The SMILES string of the molecule is COC(=O)c1cn(C(=O)C(C)N(c2ccc(Cl)cc2)S(C)(=O)=O)c2ccccc12. The molecule has 0 spiro atoms. The van der Waals surface area contributed by atoms with Crippen LogP contribution in [0.15, 0.2) is 54.7 Å². The van der Waals surface area contributed by atoms with Crippen molar-refractivity contribution in [2.24, 2.45) is 0 Å². The number of hydrogen-bond donors (Lipinski definition) is 0. The summed E-state index contributed by atoms with van der Waals surface area (Å²) in [6, 6.07) is 11.9. The highest BCUT2D eigenvalue weighted by Crippen LogP contribution is 2.26. The molecule has 29 heavy (non-hydrogen) atoms. The lowest BCUT2D eigenvalue weighted by Gasteiger charge is -2.28. The van der Waals surface area contributed by atoms with Gasteiger partial charge < -0.3 is 4.74 Å². The number of ether oxygens (including phenoxy) is 1. The van der Waals surface area contributed by atoms with Crippen LogP contribution >= 0.6 is 11.6 Å². The number of carbonyl (C=O) groups is 2. The first-order valence-corrected chi connectivity index (χ1v) is 10.9. The average molecular weight is 435 g/mol. The third kappa shape index (κ3) is 3.99. The second-order valence-corrected chi connectivity index (χ2v) is 8.77. The second-order valence-electron chi connectivity index (χ2n) is 6.47. The molecule has 0 fully saturated rings. The second kappa shape index (κ2) is 7.88. The highest BCUT2D eigenvalue weighted by atomic mass is 35.5. The maximum Gasteiger partial charge on any atom is 0.340 e. The molecule has 9 heteroatoms. The number of sulfonamides is 1. The summed E-state index contributed by atoms with van der Waals surface area (Å²) in [6.07, 6.45) is 2.40. The van der Waals surface area contributed by atoms with Gasteiger partial charge in [0, 0.05) is 16.6 Å². The summed E-state index contributed by atoms with van der Waals surface area (Å²) in [5, 5.41) is 0.984. The predicted octanol–water partition coefficient (Wildman–Crippen LogP) is 3.58. The van der Waals surface area contributed by atoms with E-state index in [1.54, 1.807) is 36.4 Å². The molecule has 7 nitrogen and oxygen atoms in total. The van der Waals surface area contributed by atoms with Crippen molar-refractivity contribution >= 4 is 50.1 Å². The Morgan fingerprint density at radius 2 is 1.72 bits per heavy atom. The summed E-state index contributed by atoms with van der Waals surface area (Å²) in [5.74, 6) is -1.10. The number of hydrogen-bond acceptors (Lipinski definition) is 5. The van der Waals surface area contributed by atoms with E-state index in [1.165, 1.54) is 36.9 Å². The normalized spacial score (nSPS) is 12.6. The van der Waals surface area contributed by atoms with Crippen molar-refractivity contribution in [3.8, 4) is 0 Å². The van der Waals surface area contributed by atoms with Gasteiger partial charge >= 0.3 is 5.97 Å². The van der Waals surface area contributed by atoms with E-state index in [4.69, 9.17) is 16.3 Å². The maximum absolute atomic E-state index is 13.3. The Labute approximate surface area is 173 Å². The Kier molecular flexibility index (Phi) is 5.68. The third-order valence-electron chi connectivity index (χ3n) is 4.50. The van der Waals surface area contributed by atoms with E-state index >= 15 is 0 Å². The molecule has 1 unspecified atom stereocenters. The number of aromatic nitrogens is 1. The summed E-state index contributed by atoms with van der Waals surface area (Å²) >= 11 is 5.90. The van der Waals surface area contributed by atoms with Gasteiger partial charge in [0.05, 0.1) is 30.1 Å². The average Bonchev–Trinajstić information content (AvgIpc) is 3.07. The van der Waals surface area contributed by atoms with Gasteiger partial charge in [-0.2, -0.15) is 0 Å². The minimum absolute atomic E-state index is 0.223. The number of para-hydroxylation sites is 1. The smallest absolute Gasteiger partial charge is 0.340 e. The van der Waals surface area contributed by atoms with Crippen molar-refractivity contribution in [1.29, 1.82) is 0 Å². The van der Waals surface area contributed by atoms with E-state index < -0.39 is 27.9 Å². The van der Waals surface area contributed by atoms with Crippen molar-refractivity contribution in [2.45, 2.75) is 13.0 Å². The molecule has 3 aromatic rings. The summed E-state index contributed by atoms with van der Waals surface area (Å²) < 4.78 is 32.1. The fourth-order valence-electron chi connectivity index (χ4n) is 3.23. The van der Waals surface area contributed by atoms with Gasteiger partial charge in [-0.05, 0) is 37.3 Å². The first-order chi connectivity index (χ1) is 13.6. The number of fused-ring (bicyclic) bond motifs is 1. The van der Waals surface area contributed by atoms with Gasteiger partial charge in [0.2, 0.25) is 10.0 Å². The van der Waals surface area contributed by atoms with E-state index in [-0.39, 0.29) is 5.56 Å². The highest BCUT2D eigenvalue weighted by Gasteiger charge is 2.31. The zero-order chi connectivity index (χ0) is 21.3. The van der Waals surface area contributed by atoms with E-state index in [0.29, 0.717) is 21.6 Å². The van der Waals surface area contributed by atoms with Crippen LogP contribution in [0.5, 0.6) is 0 Å². The van der Waals surface area contributed by atoms with E-state index in [1.807, 2.05) is 0 Å². The van der Waals surface area contributed by atoms with Gasteiger partial charge in [0.1, 0.15) is 6.04 Å². The van der Waals surface area contributed by atoms with Crippen LogP contribution < -0.4 is 4.31 Å². The molecule has 0 saturated carbocycles. The Bertz CT molecular complexity index is 1190. The number of carbonyl (C=O) groups excluding carboxylic acids is 2. The van der Waals surface area contributed by atoms with Crippen molar-refractivity contribution in [2.75, 3.05) is 17.7 Å². The maximum atomic E-state index is 13.3. The fraction of sp³-hybridized carbons (Fsp3) is 0.200. The quantitative estimate of drug-likeness (QED) is 0.573. The molecule has 1 heterocycles. The minimum Gasteiger partial charge on any atom is -0.465 e. The fourth-order valence-corrected chi connectivity index (χ4v) is 4.52. The Morgan fingerprint density at radius 1 is 1.10 bits per heavy atom. The van der Waals surface area contributed by atoms with Crippen LogP contribution in [0.1, 0.15) is 22.1 Å². The Balaban J connectivity index is 2.11. The molecule has 2 aromatic carbocycles. The summed E-state index contributed by atoms with van der Waals surface area (Å²) in [5.41, 5.74) is 1.01. The number of halogens is 1. The highest BCUT2D eigenvalue weighted by molar-refractivity contribution is 7.92. The van der Waals surface area contributed by atoms with Gasteiger partial charge in [-0.3, -0.25) is 13.7 Å². The zero-order valence-electron chi connectivity index (χ0n) is 16.0. The first kappa shape index (κ1) is 20.9. The monoisotopic (exact) mass is 434 g/mol. The van der Waals surface area contributed by atoms with Gasteiger partial charge in [0.15, 0.2) is 0 Å². The number of esters is 1. The van der Waals surface area contributed by atoms with Gasteiger partial charge in [-0.15, -0.1) is 0 Å². The lowest BCUT2D eigenvalue weighted by Crippen LogP contribution is -2.44. The molecule has 0 aliphatic rings. The van der Waals surface area contributed by atoms with Crippen LogP contribution in [0, 0.1) is 0 Å². The van der Waals surface area contributed by atoms with Crippen molar-refractivity contribution in [3.63, 3.8) is 0 Å². The van der Waals surface area contributed by atoms with Gasteiger partial charge in [-0.25, -0.2) is 13.2 Å². The standard InChI is InChI=1S/C20H19ClN2O5S/c1-13(23(29(3,26)27)15-10-8-14(21)9-11-15)19(24)22-12-17(20(25)28-2)16-6-4-5-7-18(16)22/h4-13H,1-3H3. The first-order valence-electron chi connectivity index (χ1n) is 8.62. The van der Waals surface area contributed by atoms with Crippen LogP contribution in [0.3, 0.4) is 0 Å². The number of anilines is 1. The van der Waals surface area contributed by atoms with E-state index in [2.05, 4.69) is 0 Å². The lowest BCUT2D eigenvalue weighted by atomic mass is 10.2. The van der Waals surface area contributed by atoms with Crippen LogP contribution in [-0.4, -0.2) is 44.3 Å². The molecule has 152 valence electrons. The molecule has 0 aliphatic carbocycles. The molecule has 1 atom stereocenters. The van der Waals surface area contributed by atoms with Crippen LogP contribution in [0.4, 0.5) is 5.69 Å². The third-order valence-corrected chi connectivity index (χ3v) is 6.00. The summed E-state index contributed by atoms with van der Waals surface area (Å²) in [6.45, 7) is 1.49. The van der Waals surface area contributed by atoms with Gasteiger partial charge in [0.25, 0.3) is 5.91 Å². The summed E-state index contributed by atoms with van der Waals surface area (Å²) in [7, 11) is -2.53. The molecule has 3 rings (SSSR count). The van der Waals surface area contributed by atoms with Crippen molar-refractivity contribution in [3.05, 3.63) is 65.3 Å². The van der Waals surface area contributed by atoms with Crippen LogP contribution in [0.2, 0.25) is 5.02 Å². The number of rotatable bonds is 5. The molecular weight excluding hydrogens is 416 g/mol. The molecule has 0 saturated heterocycles. The molecule has 0 amide bonds. The van der Waals surface area contributed by atoms with Crippen LogP contribution in [-0.2, 0) is 14.8 Å². The number of methoxy groups -OCH3 is 1. The van der Waals surface area contributed by atoms with E-state index in [0.717, 1.165) is 10.6 Å². The van der Waals surface area contributed by atoms with Gasteiger partial charge in [-0.1, -0.05) is 29.8 Å². The number of benzene rings is 2. The Hall–Kier alpha value is -2.84. The summed E-state index contributed by atoms with van der Waals surface area (Å²) in [4.78, 5) is 25.4. The topological polar surface area (TPSA) is 85.7 Å². The molecule has 0 N–H and O–H groups in total.